The number of carbonyl (C=O) groups is 2. The van der Waals surface area contributed by atoms with E-state index in [4.69, 9.17) is 0 Å². The molecule has 1 rings (SSSR count). The molecule has 0 radical (unpaired) electrons. The molecule has 2 atom stereocenters. The number of halogens is 2. The molecule has 2 unspecified atom stereocenters. The van der Waals surface area contributed by atoms with E-state index in [0.717, 1.165) is 18.2 Å². The van der Waals surface area contributed by atoms with Gasteiger partial charge in [0.25, 0.3) is 0 Å². The maximum atomic E-state index is 13.6. The highest BCUT2D eigenvalue weighted by molar-refractivity contribution is 5.88. The zero-order valence-electron chi connectivity index (χ0n) is 10.6. The molecule has 0 saturated carbocycles. The van der Waals surface area contributed by atoms with Crippen molar-refractivity contribution < 1.29 is 23.5 Å². The van der Waals surface area contributed by atoms with Crippen molar-refractivity contribution in [1.82, 2.24) is 0 Å². The van der Waals surface area contributed by atoms with Crippen molar-refractivity contribution in [3.8, 4) is 0 Å². The van der Waals surface area contributed by atoms with Crippen LogP contribution in [0.1, 0.15) is 20.3 Å². The summed E-state index contributed by atoms with van der Waals surface area (Å²) in [5, 5.41) is 9.17. The number of aliphatic carboxylic acids is 1. The molecule has 0 fully saturated rings. The summed E-state index contributed by atoms with van der Waals surface area (Å²) < 4.78 is 27.3. The molecule has 0 aliphatic rings. The third kappa shape index (κ3) is 3.07. The van der Waals surface area contributed by atoms with Crippen molar-refractivity contribution in [1.29, 1.82) is 0 Å². The number of carboxylic acid groups (broad SMARTS) is 1. The average molecular weight is 271 g/mol. The maximum Gasteiger partial charge on any atom is 0.327 e. The number of hydrogen-bond donors (Lipinski definition) is 1. The number of anilines is 1. The zero-order chi connectivity index (χ0) is 14.6. The Balaban J connectivity index is 3.32. The highest BCUT2D eigenvalue weighted by Gasteiger charge is 2.33. The van der Waals surface area contributed by atoms with Crippen LogP contribution in [-0.2, 0) is 9.59 Å². The van der Waals surface area contributed by atoms with Gasteiger partial charge in [-0.25, -0.2) is 13.6 Å². The number of carboxylic acids is 1. The van der Waals surface area contributed by atoms with E-state index in [0.29, 0.717) is 11.3 Å². The summed E-state index contributed by atoms with van der Waals surface area (Å²) in [6.07, 6.45) is 0.601. The van der Waals surface area contributed by atoms with Crippen molar-refractivity contribution in [2.45, 2.75) is 26.3 Å². The lowest BCUT2D eigenvalue weighted by atomic mass is 9.97. The van der Waals surface area contributed by atoms with Gasteiger partial charge in [-0.1, -0.05) is 26.3 Å². The SMILES string of the molecule is CCC(C)C(C(=O)O)N(C=O)c1c(F)cccc1F. The molecule has 0 spiro atoms. The number of hydrogen-bond acceptors (Lipinski definition) is 2. The van der Waals surface area contributed by atoms with Gasteiger partial charge < -0.3 is 5.11 Å². The standard InChI is InChI=1S/C13H15F2NO3/c1-3-8(2)11(13(18)19)16(7-17)12-9(14)5-4-6-10(12)15/h4-8,11H,3H2,1-2H3,(H,18,19). The van der Waals surface area contributed by atoms with Crippen LogP contribution in [-0.4, -0.2) is 23.5 Å². The first-order valence-corrected chi connectivity index (χ1v) is 5.84. The topological polar surface area (TPSA) is 57.6 Å². The first-order valence-electron chi connectivity index (χ1n) is 5.84. The average Bonchev–Trinajstić information content (AvgIpc) is 2.36. The molecule has 1 amide bonds. The largest absolute Gasteiger partial charge is 0.480 e. The Morgan fingerprint density at radius 2 is 1.95 bits per heavy atom. The van der Waals surface area contributed by atoms with Crippen LogP contribution in [0.3, 0.4) is 0 Å². The molecule has 1 aromatic carbocycles. The first kappa shape index (κ1) is 15.1. The summed E-state index contributed by atoms with van der Waals surface area (Å²) in [6, 6.07) is 1.79. The van der Waals surface area contributed by atoms with Crippen LogP contribution in [0.5, 0.6) is 0 Å². The van der Waals surface area contributed by atoms with Gasteiger partial charge in [0.1, 0.15) is 23.4 Å². The normalized spacial score (nSPS) is 13.7. The van der Waals surface area contributed by atoms with Crippen LogP contribution in [0.4, 0.5) is 14.5 Å². The fourth-order valence-corrected chi connectivity index (χ4v) is 1.85. The van der Waals surface area contributed by atoms with E-state index in [1.807, 2.05) is 0 Å². The predicted octanol–water partition coefficient (Wildman–Crippen LogP) is 2.43. The highest BCUT2D eigenvalue weighted by Crippen LogP contribution is 2.27. The molecule has 0 aliphatic heterocycles. The summed E-state index contributed by atoms with van der Waals surface area (Å²) in [4.78, 5) is 23.0. The van der Waals surface area contributed by atoms with Crippen LogP contribution in [0.15, 0.2) is 18.2 Å². The van der Waals surface area contributed by atoms with Gasteiger partial charge in [-0.05, 0) is 18.1 Å². The van der Waals surface area contributed by atoms with E-state index in [2.05, 4.69) is 0 Å². The van der Waals surface area contributed by atoms with Crippen molar-refractivity contribution in [3.05, 3.63) is 29.8 Å². The van der Waals surface area contributed by atoms with Gasteiger partial charge in [-0.2, -0.15) is 0 Å². The van der Waals surface area contributed by atoms with E-state index >= 15 is 0 Å². The Bertz CT molecular complexity index is 459. The third-order valence-electron chi connectivity index (χ3n) is 3.04. The van der Waals surface area contributed by atoms with Gasteiger partial charge in [0.15, 0.2) is 0 Å². The molecule has 1 N–H and O–H groups in total. The summed E-state index contributed by atoms with van der Waals surface area (Å²) in [5.74, 6) is -3.69. The highest BCUT2D eigenvalue weighted by atomic mass is 19.1. The van der Waals surface area contributed by atoms with Gasteiger partial charge in [0.05, 0.1) is 0 Å². The maximum absolute atomic E-state index is 13.6. The molecule has 0 bridgehead atoms. The molecule has 0 aliphatic carbocycles. The van der Waals surface area contributed by atoms with Gasteiger partial charge in [0, 0.05) is 0 Å². The lowest BCUT2D eigenvalue weighted by molar-refractivity contribution is -0.140. The number of nitrogens with zero attached hydrogens (tertiary/aromatic N) is 1. The fraction of sp³-hybridized carbons (Fsp3) is 0.385. The van der Waals surface area contributed by atoms with Crippen LogP contribution in [0.2, 0.25) is 0 Å². The summed E-state index contributed by atoms with van der Waals surface area (Å²) in [5.41, 5.74) is -0.634. The van der Waals surface area contributed by atoms with E-state index in [1.165, 1.54) is 0 Å². The smallest absolute Gasteiger partial charge is 0.327 e. The first-order chi connectivity index (χ1) is 8.93. The molecular formula is C13H15F2NO3. The van der Waals surface area contributed by atoms with E-state index in [9.17, 15) is 23.5 Å². The Kier molecular flexibility index (Phi) is 4.97. The van der Waals surface area contributed by atoms with Gasteiger partial charge in [-0.15, -0.1) is 0 Å². The van der Waals surface area contributed by atoms with Crippen molar-refractivity contribution in [2.24, 2.45) is 5.92 Å². The Hall–Kier alpha value is -1.98. The second-order valence-corrected chi connectivity index (χ2v) is 4.25. The van der Waals surface area contributed by atoms with E-state index in [-0.39, 0.29) is 6.41 Å². The minimum atomic E-state index is -1.31. The number of carbonyl (C=O) groups excluding carboxylic acids is 1. The fourth-order valence-electron chi connectivity index (χ4n) is 1.85. The van der Waals surface area contributed by atoms with Gasteiger partial charge in [-0.3, -0.25) is 9.69 Å². The lowest BCUT2D eigenvalue weighted by Gasteiger charge is -2.29. The quantitative estimate of drug-likeness (QED) is 0.808. The zero-order valence-corrected chi connectivity index (χ0v) is 10.6. The summed E-state index contributed by atoms with van der Waals surface area (Å²) >= 11 is 0. The molecule has 104 valence electrons. The molecule has 1 aromatic rings. The second kappa shape index (κ2) is 6.26. The van der Waals surface area contributed by atoms with Crippen LogP contribution in [0.25, 0.3) is 0 Å². The minimum absolute atomic E-state index is 0.145. The Morgan fingerprint density at radius 3 is 2.32 bits per heavy atom. The minimum Gasteiger partial charge on any atom is -0.480 e. The molecule has 6 heteroatoms. The molecule has 0 heterocycles. The molecule has 4 nitrogen and oxygen atoms in total. The molecule has 19 heavy (non-hydrogen) atoms. The van der Waals surface area contributed by atoms with Crippen molar-refractivity contribution in [3.63, 3.8) is 0 Å². The van der Waals surface area contributed by atoms with Crippen LogP contribution in [0, 0.1) is 17.6 Å². The monoisotopic (exact) mass is 271 g/mol. The van der Waals surface area contributed by atoms with Gasteiger partial charge in [0.2, 0.25) is 6.41 Å². The number of amides is 1. The molecular weight excluding hydrogens is 256 g/mol. The molecule has 0 saturated heterocycles. The number of benzene rings is 1. The van der Waals surface area contributed by atoms with Crippen LogP contribution < -0.4 is 4.90 Å². The predicted molar refractivity (Wildman–Crippen MR) is 65.8 cm³/mol. The summed E-state index contributed by atoms with van der Waals surface area (Å²) in [7, 11) is 0. The third-order valence-corrected chi connectivity index (χ3v) is 3.04. The van der Waals surface area contributed by atoms with Crippen LogP contribution >= 0.6 is 0 Å². The van der Waals surface area contributed by atoms with Gasteiger partial charge >= 0.3 is 5.97 Å². The van der Waals surface area contributed by atoms with Crippen molar-refractivity contribution >= 4 is 18.1 Å². The molecule has 0 aromatic heterocycles. The Labute approximate surface area is 109 Å². The second-order valence-electron chi connectivity index (χ2n) is 4.25. The van der Waals surface area contributed by atoms with E-state index < -0.39 is 35.3 Å². The number of rotatable bonds is 6. The summed E-state index contributed by atoms with van der Waals surface area (Å²) in [6.45, 7) is 3.34. The number of para-hydroxylation sites is 1. The van der Waals surface area contributed by atoms with E-state index in [1.54, 1.807) is 13.8 Å². The van der Waals surface area contributed by atoms with Crippen molar-refractivity contribution in [2.75, 3.05) is 4.90 Å². The lowest BCUT2D eigenvalue weighted by Crippen LogP contribution is -2.45. The Morgan fingerprint density at radius 1 is 1.42 bits per heavy atom.